The smallest absolute Gasteiger partial charge is 0.00790 e. The maximum Gasteiger partial charge on any atom is 0.00790 e. The predicted octanol–water partition coefficient (Wildman–Crippen LogP) is 2.11. The van der Waals surface area contributed by atoms with E-state index >= 15 is 0 Å². The van der Waals surface area contributed by atoms with Crippen LogP contribution in [0.5, 0.6) is 0 Å². The maximum absolute atomic E-state index is 3.48. The van der Waals surface area contributed by atoms with Gasteiger partial charge in [0.05, 0.1) is 0 Å². The van der Waals surface area contributed by atoms with E-state index in [1.807, 2.05) is 0 Å². The van der Waals surface area contributed by atoms with Crippen molar-refractivity contribution >= 4 is 0 Å². The zero-order chi connectivity index (χ0) is 10.4. The molecule has 1 atom stereocenters. The molecule has 1 fully saturated rings. The average Bonchev–Trinajstić information content (AvgIpc) is 2.10. The molecule has 0 aromatic heterocycles. The van der Waals surface area contributed by atoms with Crippen molar-refractivity contribution in [2.75, 3.05) is 26.2 Å². The molecule has 0 aromatic carbocycles. The number of rotatable bonds is 3. The largest absolute Gasteiger partial charge is 0.317 e. The topological polar surface area (TPSA) is 15.3 Å². The van der Waals surface area contributed by atoms with Crippen LogP contribution in [0.3, 0.4) is 0 Å². The van der Waals surface area contributed by atoms with Gasteiger partial charge in [0.1, 0.15) is 0 Å². The highest BCUT2D eigenvalue weighted by Gasteiger charge is 2.15. The van der Waals surface area contributed by atoms with E-state index in [1.165, 1.54) is 45.4 Å². The van der Waals surface area contributed by atoms with Gasteiger partial charge in [0.25, 0.3) is 0 Å². The van der Waals surface area contributed by atoms with Gasteiger partial charge in [-0.3, -0.25) is 0 Å². The summed E-state index contributed by atoms with van der Waals surface area (Å²) < 4.78 is 0. The van der Waals surface area contributed by atoms with Gasteiger partial charge >= 0.3 is 0 Å². The molecule has 1 unspecified atom stereocenters. The molecule has 1 rings (SSSR count). The normalized spacial score (nSPS) is 26.1. The Morgan fingerprint density at radius 2 is 2.14 bits per heavy atom. The molecule has 84 valence electrons. The quantitative estimate of drug-likeness (QED) is 0.747. The van der Waals surface area contributed by atoms with Crippen LogP contribution in [0, 0.1) is 5.92 Å². The van der Waals surface area contributed by atoms with Crippen molar-refractivity contribution in [3.8, 4) is 0 Å². The Labute approximate surface area is 89.1 Å². The molecule has 0 radical (unpaired) electrons. The molecular formula is C12H26N2. The Balaban J connectivity index is 2.29. The summed E-state index contributed by atoms with van der Waals surface area (Å²) in [6.45, 7) is 12.0. The van der Waals surface area contributed by atoms with Gasteiger partial charge in [-0.1, -0.05) is 13.8 Å². The molecule has 2 heteroatoms. The van der Waals surface area contributed by atoms with Gasteiger partial charge in [-0.05, 0) is 58.3 Å². The molecule has 1 saturated heterocycles. The van der Waals surface area contributed by atoms with Crippen molar-refractivity contribution in [1.29, 1.82) is 0 Å². The number of nitrogens with zero attached hydrogens (tertiary/aromatic N) is 1. The van der Waals surface area contributed by atoms with Gasteiger partial charge in [0.2, 0.25) is 0 Å². The number of nitrogens with one attached hydrogen (secondary N) is 1. The molecule has 1 aliphatic heterocycles. The molecule has 2 nitrogen and oxygen atoms in total. The second-order valence-electron chi connectivity index (χ2n) is 4.96. The van der Waals surface area contributed by atoms with Gasteiger partial charge < -0.3 is 10.2 Å². The van der Waals surface area contributed by atoms with E-state index in [9.17, 15) is 0 Å². The number of hydrogen-bond acceptors (Lipinski definition) is 2. The summed E-state index contributed by atoms with van der Waals surface area (Å²) in [6, 6.07) is 0.765. The fraction of sp³-hybridized carbons (Fsp3) is 1.00. The van der Waals surface area contributed by atoms with Crippen LogP contribution in [-0.4, -0.2) is 37.1 Å². The van der Waals surface area contributed by atoms with Crippen LogP contribution in [0.1, 0.15) is 40.0 Å². The third-order valence-electron chi connectivity index (χ3n) is 3.15. The zero-order valence-electron chi connectivity index (χ0n) is 10.1. The summed E-state index contributed by atoms with van der Waals surface area (Å²) in [5.41, 5.74) is 0. The second-order valence-corrected chi connectivity index (χ2v) is 4.96. The molecule has 0 bridgehead atoms. The molecule has 0 aromatic rings. The van der Waals surface area contributed by atoms with E-state index in [0.717, 1.165) is 12.0 Å². The van der Waals surface area contributed by atoms with E-state index in [0.29, 0.717) is 0 Å². The molecule has 1 aliphatic rings. The van der Waals surface area contributed by atoms with Gasteiger partial charge in [-0.25, -0.2) is 0 Å². The molecule has 1 N–H and O–H groups in total. The Kier molecular flexibility index (Phi) is 5.49. The van der Waals surface area contributed by atoms with Crippen LogP contribution in [0.2, 0.25) is 0 Å². The van der Waals surface area contributed by atoms with Gasteiger partial charge in [0, 0.05) is 6.04 Å². The zero-order valence-corrected chi connectivity index (χ0v) is 10.1. The minimum absolute atomic E-state index is 0.765. The highest BCUT2D eigenvalue weighted by molar-refractivity contribution is 4.72. The van der Waals surface area contributed by atoms with Gasteiger partial charge in [-0.2, -0.15) is 0 Å². The monoisotopic (exact) mass is 198 g/mol. The third kappa shape index (κ3) is 4.43. The lowest BCUT2D eigenvalue weighted by molar-refractivity contribution is 0.176. The Morgan fingerprint density at radius 1 is 1.36 bits per heavy atom. The molecule has 0 amide bonds. The first-order valence-corrected chi connectivity index (χ1v) is 6.15. The van der Waals surface area contributed by atoms with Crippen LogP contribution >= 0.6 is 0 Å². The standard InChI is InChI=1S/C12H26N2/c1-11(2)6-10-14-9-4-7-13-8-5-12(14)3/h11-13H,4-10H2,1-3H3. The summed E-state index contributed by atoms with van der Waals surface area (Å²) in [4.78, 5) is 2.67. The lowest BCUT2D eigenvalue weighted by atomic mass is 10.1. The van der Waals surface area contributed by atoms with Crippen molar-refractivity contribution in [1.82, 2.24) is 10.2 Å². The minimum atomic E-state index is 0.765. The Hall–Kier alpha value is -0.0800. The first kappa shape index (κ1) is 12.0. The highest BCUT2D eigenvalue weighted by Crippen LogP contribution is 2.10. The molecule has 14 heavy (non-hydrogen) atoms. The van der Waals surface area contributed by atoms with E-state index in [2.05, 4.69) is 31.0 Å². The van der Waals surface area contributed by atoms with Crippen molar-refractivity contribution in [2.24, 2.45) is 5.92 Å². The SMILES string of the molecule is CC(C)CCN1CCCNCCC1C. The summed E-state index contributed by atoms with van der Waals surface area (Å²) in [7, 11) is 0. The number of hydrogen-bond donors (Lipinski definition) is 1. The van der Waals surface area contributed by atoms with Gasteiger partial charge in [-0.15, -0.1) is 0 Å². The molecular weight excluding hydrogens is 172 g/mol. The van der Waals surface area contributed by atoms with E-state index in [-0.39, 0.29) is 0 Å². The van der Waals surface area contributed by atoms with Crippen molar-refractivity contribution in [3.63, 3.8) is 0 Å². The summed E-state index contributed by atoms with van der Waals surface area (Å²) >= 11 is 0. The Morgan fingerprint density at radius 3 is 2.86 bits per heavy atom. The van der Waals surface area contributed by atoms with E-state index in [1.54, 1.807) is 0 Å². The Bertz CT molecular complexity index is 145. The van der Waals surface area contributed by atoms with E-state index < -0.39 is 0 Å². The fourth-order valence-electron chi connectivity index (χ4n) is 2.00. The average molecular weight is 198 g/mol. The van der Waals surface area contributed by atoms with Gasteiger partial charge in [0.15, 0.2) is 0 Å². The molecule has 0 aliphatic carbocycles. The molecule has 0 spiro atoms. The van der Waals surface area contributed by atoms with Crippen LogP contribution in [-0.2, 0) is 0 Å². The van der Waals surface area contributed by atoms with E-state index in [4.69, 9.17) is 0 Å². The van der Waals surface area contributed by atoms with Crippen LogP contribution < -0.4 is 5.32 Å². The van der Waals surface area contributed by atoms with Crippen molar-refractivity contribution in [3.05, 3.63) is 0 Å². The van der Waals surface area contributed by atoms with Crippen LogP contribution in [0.15, 0.2) is 0 Å². The minimum Gasteiger partial charge on any atom is -0.317 e. The first-order valence-electron chi connectivity index (χ1n) is 6.15. The first-order chi connectivity index (χ1) is 6.70. The summed E-state index contributed by atoms with van der Waals surface area (Å²) in [5, 5.41) is 3.48. The third-order valence-corrected chi connectivity index (χ3v) is 3.15. The maximum atomic E-state index is 3.48. The van der Waals surface area contributed by atoms with Crippen molar-refractivity contribution in [2.45, 2.75) is 46.1 Å². The highest BCUT2D eigenvalue weighted by atomic mass is 15.2. The predicted molar refractivity (Wildman–Crippen MR) is 62.6 cm³/mol. The lowest BCUT2D eigenvalue weighted by Gasteiger charge is -2.31. The summed E-state index contributed by atoms with van der Waals surface area (Å²) in [6.07, 6.45) is 3.96. The molecule has 1 heterocycles. The second kappa shape index (κ2) is 6.41. The van der Waals surface area contributed by atoms with Crippen LogP contribution in [0.25, 0.3) is 0 Å². The van der Waals surface area contributed by atoms with Crippen LogP contribution in [0.4, 0.5) is 0 Å². The van der Waals surface area contributed by atoms with Crippen molar-refractivity contribution < 1.29 is 0 Å². The summed E-state index contributed by atoms with van der Waals surface area (Å²) in [5.74, 6) is 0.839. The fourth-order valence-corrected chi connectivity index (χ4v) is 2.00. The lowest BCUT2D eigenvalue weighted by Crippen LogP contribution is -2.40. The molecule has 0 saturated carbocycles.